The van der Waals surface area contributed by atoms with E-state index >= 15 is 0 Å². The zero-order valence-corrected chi connectivity index (χ0v) is 20.8. The fourth-order valence-electron chi connectivity index (χ4n) is 2.85. The summed E-state index contributed by atoms with van der Waals surface area (Å²) in [5.41, 5.74) is 2.31. The van der Waals surface area contributed by atoms with Crippen LogP contribution in [0.25, 0.3) is 0 Å². The van der Waals surface area contributed by atoms with Gasteiger partial charge in [-0.1, -0.05) is 29.5 Å². The predicted molar refractivity (Wildman–Crippen MR) is 126 cm³/mol. The van der Waals surface area contributed by atoms with Crippen molar-refractivity contribution < 1.29 is 13.2 Å². The second kappa shape index (κ2) is 9.44. The van der Waals surface area contributed by atoms with E-state index in [1.54, 1.807) is 42.8 Å². The summed E-state index contributed by atoms with van der Waals surface area (Å²) >= 11 is 2.54. The van der Waals surface area contributed by atoms with Crippen molar-refractivity contribution in [3.8, 4) is 6.07 Å². The minimum atomic E-state index is -3.58. The van der Waals surface area contributed by atoms with Gasteiger partial charge in [-0.3, -0.25) is 4.79 Å². The first-order valence-electron chi connectivity index (χ1n) is 9.68. The van der Waals surface area contributed by atoms with Gasteiger partial charge >= 0.3 is 0 Å². The number of nitrogens with zero attached hydrogens (tertiary/aromatic N) is 4. The Bertz CT molecular complexity index is 1300. The molecule has 0 aliphatic rings. The lowest BCUT2D eigenvalue weighted by Gasteiger charge is -2.11. The van der Waals surface area contributed by atoms with E-state index in [4.69, 9.17) is 0 Å². The van der Waals surface area contributed by atoms with Gasteiger partial charge in [-0.05, 0) is 45.4 Å². The van der Waals surface area contributed by atoms with E-state index < -0.39 is 15.1 Å². The summed E-state index contributed by atoms with van der Waals surface area (Å²) in [5.74, 6) is -0.276. The fourth-order valence-corrected chi connectivity index (χ4v) is 6.00. The monoisotopic (exact) mass is 489 g/mol. The van der Waals surface area contributed by atoms with E-state index in [9.17, 15) is 18.5 Å². The standard InChI is InChI=1S/C21H23N5O3S3/c1-12-6-8-16(9-7-12)32(28,29)11-18-24-25-21(26(18)5)31-15(4)19(27)23-20-17(10-22)13(2)14(3)30-20/h6-9,15H,11H2,1-5H3,(H,23,27). The summed E-state index contributed by atoms with van der Waals surface area (Å²) < 4.78 is 27.0. The number of anilines is 1. The van der Waals surface area contributed by atoms with E-state index in [0.717, 1.165) is 16.0 Å². The molecular formula is C21H23N5O3S3. The number of carbonyl (C=O) groups is 1. The van der Waals surface area contributed by atoms with Crippen molar-refractivity contribution in [1.29, 1.82) is 5.26 Å². The molecular weight excluding hydrogens is 466 g/mol. The Hall–Kier alpha value is -2.68. The van der Waals surface area contributed by atoms with Crippen molar-refractivity contribution in [2.75, 3.05) is 5.32 Å². The molecule has 0 aliphatic carbocycles. The third kappa shape index (κ3) is 5.03. The Morgan fingerprint density at radius 2 is 1.91 bits per heavy atom. The Morgan fingerprint density at radius 3 is 2.53 bits per heavy atom. The summed E-state index contributed by atoms with van der Waals surface area (Å²) in [6.45, 7) is 7.36. The fraction of sp³-hybridized carbons (Fsp3) is 0.333. The van der Waals surface area contributed by atoms with Crippen molar-refractivity contribution in [3.63, 3.8) is 0 Å². The van der Waals surface area contributed by atoms with Gasteiger partial charge in [-0.15, -0.1) is 21.5 Å². The van der Waals surface area contributed by atoms with Crippen LogP contribution in [0.3, 0.4) is 0 Å². The van der Waals surface area contributed by atoms with Crippen LogP contribution in [0.15, 0.2) is 34.3 Å². The molecule has 0 saturated heterocycles. The number of benzene rings is 1. The van der Waals surface area contributed by atoms with E-state index in [-0.39, 0.29) is 22.4 Å². The van der Waals surface area contributed by atoms with Crippen LogP contribution in [0.2, 0.25) is 0 Å². The molecule has 1 unspecified atom stereocenters. The summed E-state index contributed by atoms with van der Waals surface area (Å²) in [7, 11) is -1.90. The number of rotatable bonds is 7. The zero-order chi connectivity index (χ0) is 23.6. The molecule has 3 rings (SSSR count). The first kappa shape index (κ1) is 24.0. The number of nitriles is 1. The summed E-state index contributed by atoms with van der Waals surface area (Å²) in [5, 5.41) is 20.7. The molecule has 1 atom stereocenters. The molecule has 0 radical (unpaired) electrons. The molecule has 2 heterocycles. The molecule has 1 amide bonds. The van der Waals surface area contributed by atoms with Gasteiger partial charge in [0.25, 0.3) is 0 Å². The molecule has 1 aromatic carbocycles. The highest BCUT2D eigenvalue weighted by Crippen LogP contribution is 2.32. The van der Waals surface area contributed by atoms with Gasteiger partial charge in [0, 0.05) is 11.9 Å². The number of hydrogen-bond acceptors (Lipinski definition) is 8. The van der Waals surface area contributed by atoms with E-state index in [0.29, 0.717) is 15.7 Å². The lowest BCUT2D eigenvalue weighted by Crippen LogP contribution is -2.22. The molecule has 0 aliphatic heterocycles. The molecule has 3 aromatic rings. The van der Waals surface area contributed by atoms with Crippen molar-refractivity contribution in [3.05, 3.63) is 51.7 Å². The van der Waals surface area contributed by atoms with E-state index in [1.165, 1.54) is 23.1 Å². The smallest absolute Gasteiger partial charge is 0.238 e. The second-order valence-electron chi connectivity index (χ2n) is 7.38. The molecule has 32 heavy (non-hydrogen) atoms. The minimum absolute atomic E-state index is 0.225. The van der Waals surface area contributed by atoms with Crippen LogP contribution in [0.1, 0.15) is 34.3 Å². The molecule has 0 spiro atoms. The SMILES string of the molecule is Cc1ccc(S(=O)(=O)Cc2nnc(SC(C)C(=O)Nc3sc(C)c(C)c3C#N)n2C)cc1. The Morgan fingerprint density at radius 1 is 1.25 bits per heavy atom. The largest absolute Gasteiger partial charge is 0.316 e. The van der Waals surface area contributed by atoms with Crippen LogP contribution in [-0.4, -0.2) is 34.3 Å². The van der Waals surface area contributed by atoms with Gasteiger partial charge in [0.2, 0.25) is 5.91 Å². The Kier molecular flexibility index (Phi) is 7.07. The number of nitrogens with one attached hydrogen (secondary N) is 1. The molecule has 0 saturated carbocycles. The number of hydrogen-bond donors (Lipinski definition) is 1. The van der Waals surface area contributed by atoms with E-state index in [2.05, 4.69) is 21.6 Å². The van der Waals surface area contributed by atoms with Gasteiger partial charge in [0.05, 0.1) is 15.7 Å². The van der Waals surface area contributed by atoms with Gasteiger partial charge in [-0.2, -0.15) is 5.26 Å². The minimum Gasteiger partial charge on any atom is -0.316 e. The van der Waals surface area contributed by atoms with Crippen molar-refractivity contribution in [2.45, 2.75) is 48.7 Å². The van der Waals surface area contributed by atoms with Gasteiger partial charge in [-0.25, -0.2) is 8.42 Å². The van der Waals surface area contributed by atoms with Gasteiger partial charge in [0.1, 0.15) is 22.6 Å². The highest BCUT2D eigenvalue weighted by molar-refractivity contribution is 8.00. The zero-order valence-electron chi connectivity index (χ0n) is 18.3. The molecule has 168 valence electrons. The lowest BCUT2D eigenvalue weighted by atomic mass is 10.2. The van der Waals surface area contributed by atoms with Crippen molar-refractivity contribution in [2.24, 2.45) is 7.05 Å². The lowest BCUT2D eigenvalue weighted by molar-refractivity contribution is -0.115. The third-order valence-electron chi connectivity index (χ3n) is 5.01. The molecule has 0 fully saturated rings. The Balaban J connectivity index is 1.71. The van der Waals surface area contributed by atoms with Crippen LogP contribution in [0.4, 0.5) is 5.00 Å². The average molecular weight is 490 g/mol. The number of sulfone groups is 1. The predicted octanol–water partition coefficient (Wildman–Crippen LogP) is 3.77. The second-order valence-corrected chi connectivity index (χ2v) is 11.9. The molecule has 2 aromatic heterocycles. The number of carbonyl (C=O) groups excluding carboxylic acids is 1. The van der Waals surface area contributed by atoms with Crippen LogP contribution < -0.4 is 5.32 Å². The highest BCUT2D eigenvalue weighted by Gasteiger charge is 2.24. The van der Waals surface area contributed by atoms with Crippen LogP contribution >= 0.6 is 23.1 Å². The maximum atomic E-state index is 12.7. The van der Waals surface area contributed by atoms with Crippen LogP contribution in [0.5, 0.6) is 0 Å². The summed E-state index contributed by atoms with van der Waals surface area (Å²) in [4.78, 5) is 13.9. The number of thioether (sulfide) groups is 1. The van der Waals surface area contributed by atoms with Gasteiger partial charge in [0.15, 0.2) is 15.0 Å². The first-order chi connectivity index (χ1) is 15.0. The number of thiophene rings is 1. The quantitative estimate of drug-likeness (QED) is 0.502. The Labute approximate surface area is 195 Å². The number of aryl methyl sites for hydroxylation is 2. The van der Waals surface area contributed by atoms with Crippen molar-refractivity contribution in [1.82, 2.24) is 14.8 Å². The van der Waals surface area contributed by atoms with Gasteiger partial charge < -0.3 is 9.88 Å². The van der Waals surface area contributed by atoms with E-state index in [1.807, 2.05) is 20.8 Å². The van der Waals surface area contributed by atoms with Crippen LogP contribution in [0, 0.1) is 32.1 Å². The average Bonchev–Trinajstić information content (AvgIpc) is 3.20. The number of aromatic nitrogens is 3. The highest BCUT2D eigenvalue weighted by atomic mass is 32.2. The van der Waals surface area contributed by atoms with Crippen LogP contribution in [-0.2, 0) is 27.4 Å². The maximum Gasteiger partial charge on any atom is 0.238 e. The topological polar surface area (TPSA) is 118 Å². The van der Waals surface area contributed by atoms with Crippen molar-refractivity contribution >= 4 is 43.8 Å². The molecule has 1 N–H and O–H groups in total. The maximum absolute atomic E-state index is 12.7. The number of amides is 1. The molecule has 0 bridgehead atoms. The summed E-state index contributed by atoms with van der Waals surface area (Å²) in [6.07, 6.45) is 0. The first-order valence-corrected chi connectivity index (χ1v) is 13.0. The summed E-state index contributed by atoms with van der Waals surface area (Å²) in [6, 6.07) is 8.79. The normalized spacial score (nSPS) is 12.4. The molecule has 11 heteroatoms. The third-order valence-corrected chi connectivity index (χ3v) is 8.89. The molecule has 8 nitrogen and oxygen atoms in total.